The van der Waals surface area contributed by atoms with E-state index in [0.29, 0.717) is 5.92 Å². The minimum atomic E-state index is -4.09. The number of ether oxygens (including phenoxy) is 1. The normalized spacial score (nSPS) is 45.4. The summed E-state index contributed by atoms with van der Waals surface area (Å²) in [7, 11) is 0. The van der Waals surface area contributed by atoms with Crippen molar-refractivity contribution >= 4 is 0 Å². The summed E-state index contributed by atoms with van der Waals surface area (Å²) in [5.41, 5.74) is 0. The van der Waals surface area contributed by atoms with Gasteiger partial charge in [0.2, 0.25) is 0 Å². The van der Waals surface area contributed by atoms with Crippen molar-refractivity contribution in [3.8, 4) is 0 Å². The number of alkyl halides is 6. The zero-order chi connectivity index (χ0) is 22.6. The number of nitrogens with one attached hydrogen (secondary N) is 1. The van der Waals surface area contributed by atoms with E-state index < -0.39 is 48.7 Å². The van der Waals surface area contributed by atoms with E-state index in [4.69, 9.17) is 0 Å². The van der Waals surface area contributed by atoms with Crippen LogP contribution < -0.4 is 5.32 Å². The molecular formula is C22H37F6NO. The van der Waals surface area contributed by atoms with E-state index in [9.17, 15) is 26.3 Å². The van der Waals surface area contributed by atoms with Gasteiger partial charge in [0.05, 0.1) is 6.10 Å². The number of piperidine rings is 1. The molecule has 178 valence electrons. The zero-order valence-electron chi connectivity index (χ0n) is 18.4. The van der Waals surface area contributed by atoms with Gasteiger partial charge in [-0.15, -0.1) is 0 Å². The molecule has 3 fully saturated rings. The molecule has 0 bridgehead atoms. The quantitative estimate of drug-likeness (QED) is 0.521. The SMILES string of the molecule is CC.CC1CCC(C2CC(F)C(C(F)(F)OC3CC(F)C(C)C(F)C3)C(F)C2)NC1. The van der Waals surface area contributed by atoms with Crippen LogP contribution in [0.15, 0.2) is 0 Å². The highest BCUT2D eigenvalue weighted by Gasteiger charge is 2.56. The molecule has 2 aliphatic carbocycles. The highest BCUT2D eigenvalue weighted by atomic mass is 19.3. The summed E-state index contributed by atoms with van der Waals surface area (Å²) in [5.74, 6) is -2.98. The third-order valence-electron chi connectivity index (χ3n) is 6.93. The Hall–Kier alpha value is -0.500. The molecule has 3 aliphatic rings. The molecule has 8 heteroatoms. The maximum Gasteiger partial charge on any atom is 0.364 e. The Morgan fingerprint density at radius 2 is 1.33 bits per heavy atom. The van der Waals surface area contributed by atoms with Gasteiger partial charge >= 0.3 is 6.11 Å². The largest absolute Gasteiger partial charge is 0.364 e. The van der Waals surface area contributed by atoms with Crippen molar-refractivity contribution in [3.05, 3.63) is 0 Å². The standard InChI is InChI=1S/C20H31F6NO.C2H6/c1-10-3-4-18(27-9-10)12-5-16(23)19(17(24)6-12)20(25,26)28-13-7-14(21)11(2)15(22)8-13;1-2/h10-19,27H,3-9H2,1-2H3;1-2H3. The summed E-state index contributed by atoms with van der Waals surface area (Å²) in [6.07, 6.45) is -12.2. The Morgan fingerprint density at radius 3 is 1.80 bits per heavy atom. The molecule has 1 heterocycles. The highest BCUT2D eigenvalue weighted by molar-refractivity contribution is 4.96. The van der Waals surface area contributed by atoms with Gasteiger partial charge in [-0.25, -0.2) is 17.6 Å². The number of halogens is 6. The van der Waals surface area contributed by atoms with Crippen LogP contribution in [0.2, 0.25) is 0 Å². The molecule has 6 unspecified atom stereocenters. The first kappa shape index (κ1) is 25.8. The fourth-order valence-corrected chi connectivity index (χ4v) is 5.02. The molecule has 0 aromatic carbocycles. The summed E-state index contributed by atoms with van der Waals surface area (Å²) < 4.78 is 90.8. The second-order valence-electron chi connectivity index (χ2n) is 9.15. The van der Waals surface area contributed by atoms with E-state index in [2.05, 4.69) is 17.0 Å². The minimum Gasteiger partial charge on any atom is -0.317 e. The molecule has 1 saturated heterocycles. The second-order valence-corrected chi connectivity index (χ2v) is 9.15. The molecule has 2 nitrogen and oxygen atoms in total. The Bertz CT molecular complexity index is 492. The van der Waals surface area contributed by atoms with E-state index in [-0.39, 0.29) is 37.6 Å². The molecule has 2 saturated carbocycles. The van der Waals surface area contributed by atoms with Gasteiger partial charge in [0.1, 0.15) is 30.6 Å². The first-order valence-electron chi connectivity index (χ1n) is 11.4. The van der Waals surface area contributed by atoms with Crippen LogP contribution in [0.25, 0.3) is 0 Å². The van der Waals surface area contributed by atoms with Gasteiger partial charge in [0.25, 0.3) is 0 Å². The maximum atomic E-state index is 14.7. The summed E-state index contributed by atoms with van der Waals surface area (Å²) in [6.45, 7) is 8.22. The van der Waals surface area contributed by atoms with Gasteiger partial charge < -0.3 is 10.1 Å². The van der Waals surface area contributed by atoms with Crippen molar-refractivity contribution in [1.82, 2.24) is 5.32 Å². The Morgan fingerprint density at radius 1 is 0.800 bits per heavy atom. The third kappa shape index (κ3) is 6.05. The molecule has 0 aromatic rings. The van der Waals surface area contributed by atoms with Gasteiger partial charge in [-0.3, -0.25) is 0 Å². The van der Waals surface area contributed by atoms with E-state index in [1.165, 1.54) is 6.92 Å². The van der Waals surface area contributed by atoms with Crippen molar-refractivity contribution in [2.24, 2.45) is 23.7 Å². The fourth-order valence-electron chi connectivity index (χ4n) is 5.02. The first-order valence-corrected chi connectivity index (χ1v) is 11.4. The minimum absolute atomic E-state index is 0.0670. The lowest BCUT2D eigenvalue weighted by Crippen LogP contribution is -2.54. The predicted molar refractivity (Wildman–Crippen MR) is 106 cm³/mol. The molecular weight excluding hydrogens is 408 g/mol. The van der Waals surface area contributed by atoms with Crippen LogP contribution in [0.1, 0.15) is 66.2 Å². The molecule has 0 amide bonds. The molecule has 6 atom stereocenters. The van der Waals surface area contributed by atoms with Crippen LogP contribution in [0.5, 0.6) is 0 Å². The summed E-state index contributed by atoms with van der Waals surface area (Å²) >= 11 is 0. The van der Waals surface area contributed by atoms with Gasteiger partial charge in [0.15, 0.2) is 0 Å². The van der Waals surface area contributed by atoms with Crippen molar-refractivity contribution in [2.75, 3.05) is 6.54 Å². The smallest absolute Gasteiger partial charge is 0.317 e. The van der Waals surface area contributed by atoms with Crippen LogP contribution in [0.3, 0.4) is 0 Å². The van der Waals surface area contributed by atoms with Crippen LogP contribution in [0, 0.1) is 23.7 Å². The maximum absolute atomic E-state index is 14.7. The molecule has 0 radical (unpaired) electrons. The fraction of sp³-hybridized carbons (Fsp3) is 1.00. The average molecular weight is 446 g/mol. The lowest BCUT2D eigenvalue weighted by atomic mass is 9.73. The molecule has 3 rings (SSSR count). The van der Waals surface area contributed by atoms with Crippen LogP contribution >= 0.6 is 0 Å². The third-order valence-corrected chi connectivity index (χ3v) is 6.93. The van der Waals surface area contributed by atoms with E-state index in [0.717, 1.165) is 19.4 Å². The van der Waals surface area contributed by atoms with E-state index in [1.54, 1.807) is 0 Å². The van der Waals surface area contributed by atoms with Gasteiger partial charge in [-0.05, 0) is 44.1 Å². The molecule has 1 N–H and O–H groups in total. The Kier molecular flexibility index (Phi) is 9.35. The first-order chi connectivity index (χ1) is 14.1. The highest BCUT2D eigenvalue weighted by Crippen LogP contribution is 2.46. The summed E-state index contributed by atoms with van der Waals surface area (Å²) in [5, 5.41) is 3.28. The second kappa shape index (κ2) is 10.9. The summed E-state index contributed by atoms with van der Waals surface area (Å²) in [4.78, 5) is 0. The predicted octanol–water partition coefficient (Wildman–Crippen LogP) is 6.19. The van der Waals surface area contributed by atoms with Gasteiger partial charge in [-0.1, -0.05) is 27.7 Å². The number of hydrogen-bond donors (Lipinski definition) is 1. The number of hydrogen-bond acceptors (Lipinski definition) is 2. The Balaban J connectivity index is 0.00000155. The Labute approximate surface area is 176 Å². The summed E-state index contributed by atoms with van der Waals surface area (Å²) in [6, 6.07) is -0.0670. The van der Waals surface area contributed by atoms with Crippen molar-refractivity contribution in [3.63, 3.8) is 0 Å². The zero-order valence-corrected chi connectivity index (χ0v) is 18.4. The van der Waals surface area contributed by atoms with Crippen molar-refractivity contribution in [2.45, 2.75) is 109 Å². The van der Waals surface area contributed by atoms with E-state index in [1.807, 2.05) is 13.8 Å². The molecule has 1 aliphatic heterocycles. The lowest BCUT2D eigenvalue weighted by molar-refractivity contribution is -0.323. The average Bonchev–Trinajstić information content (AvgIpc) is 2.67. The molecule has 30 heavy (non-hydrogen) atoms. The molecule has 0 aromatic heterocycles. The van der Waals surface area contributed by atoms with Crippen LogP contribution in [0.4, 0.5) is 26.3 Å². The lowest BCUT2D eigenvalue weighted by Gasteiger charge is -2.43. The molecule has 0 spiro atoms. The van der Waals surface area contributed by atoms with E-state index >= 15 is 0 Å². The topological polar surface area (TPSA) is 21.3 Å². The van der Waals surface area contributed by atoms with Crippen molar-refractivity contribution < 1.29 is 31.1 Å². The van der Waals surface area contributed by atoms with Crippen LogP contribution in [-0.4, -0.2) is 49.5 Å². The number of rotatable bonds is 4. The van der Waals surface area contributed by atoms with Gasteiger partial charge in [-0.2, -0.15) is 8.78 Å². The van der Waals surface area contributed by atoms with Crippen molar-refractivity contribution in [1.29, 1.82) is 0 Å². The monoisotopic (exact) mass is 445 g/mol. The van der Waals surface area contributed by atoms with Crippen LogP contribution in [-0.2, 0) is 4.74 Å². The van der Waals surface area contributed by atoms with Gasteiger partial charge in [0, 0.05) is 24.8 Å².